The van der Waals surface area contributed by atoms with Crippen LogP contribution < -0.4 is 4.90 Å². The number of nitrogens with zero attached hydrogens (tertiary/aromatic N) is 4. The molecule has 4 nitrogen and oxygen atoms in total. The molecule has 0 atom stereocenters. The van der Waals surface area contributed by atoms with E-state index in [1.807, 2.05) is 18.9 Å². The average Bonchev–Trinajstić information content (AvgIpc) is 2.32. The molecule has 0 aliphatic rings. The Labute approximate surface area is 131 Å². The first kappa shape index (κ1) is 15.1. The van der Waals surface area contributed by atoms with E-state index in [1.54, 1.807) is 0 Å². The molecule has 0 aliphatic carbocycles. The largest absolute Gasteiger partial charge is 2.00 e. The van der Waals surface area contributed by atoms with E-state index >= 15 is 0 Å². The molecule has 0 saturated heterocycles. The number of aromatic nitrogens is 3. The molecule has 0 saturated carbocycles. The number of anilines is 2. The summed E-state index contributed by atoms with van der Waals surface area (Å²) in [6.45, 7) is 6.02. The van der Waals surface area contributed by atoms with Crippen molar-refractivity contribution in [3.63, 3.8) is 0 Å². The SMILES string of the molecule is Cc1n[c-]nc(N(C)c2ccc(C)c(C)c2)n1.[U+2]. The molecule has 2 rings (SSSR count). The average molecular weight is 465 g/mol. The Balaban J connectivity index is 0.00000162. The van der Waals surface area contributed by atoms with Crippen LogP contribution in [0.1, 0.15) is 17.0 Å². The number of hydrogen-bond acceptors (Lipinski definition) is 4. The Morgan fingerprint density at radius 2 is 1.78 bits per heavy atom. The monoisotopic (exact) mass is 465 g/mol. The minimum atomic E-state index is 0. The molecule has 0 bridgehead atoms. The predicted octanol–water partition coefficient (Wildman–Crippen LogP) is 2.36. The van der Waals surface area contributed by atoms with Gasteiger partial charge in [0, 0.05) is 24.9 Å². The molecule has 90 valence electrons. The zero-order chi connectivity index (χ0) is 12.4. The van der Waals surface area contributed by atoms with Gasteiger partial charge in [0.1, 0.15) is 5.95 Å². The van der Waals surface area contributed by atoms with Crippen molar-refractivity contribution in [1.82, 2.24) is 15.0 Å². The van der Waals surface area contributed by atoms with E-state index in [4.69, 9.17) is 0 Å². The minimum Gasteiger partial charge on any atom is -0.367 e. The van der Waals surface area contributed by atoms with E-state index in [1.165, 1.54) is 11.1 Å². The fraction of sp³-hybridized carbons (Fsp3) is 0.308. The summed E-state index contributed by atoms with van der Waals surface area (Å²) in [5, 5.41) is 0. The minimum absolute atomic E-state index is 0. The maximum Gasteiger partial charge on any atom is 2.00 e. The molecule has 0 fully saturated rings. The van der Waals surface area contributed by atoms with Crippen molar-refractivity contribution >= 4 is 11.6 Å². The van der Waals surface area contributed by atoms with Gasteiger partial charge in [-0.2, -0.15) is 0 Å². The van der Waals surface area contributed by atoms with Gasteiger partial charge in [0.25, 0.3) is 0 Å². The quantitative estimate of drug-likeness (QED) is 0.639. The number of aryl methyl sites for hydroxylation is 3. The van der Waals surface area contributed by atoms with Crippen LogP contribution in [0.3, 0.4) is 0 Å². The van der Waals surface area contributed by atoms with Crippen LogP contribution in [-0.4, -0.2) is 22.0 Å². The molecule has 0 N–H and O–H groups in total. The van der Waals surface area contributed by atoms with Crippen LogP contribution >= 0.6 is 0 Å². The van der Waals surface area contributed by atoms with Crippen molar-refractivity contribution < 1.29 is 31.1 Å². The van der Waals surface area contributed by atoms with Gasteiger partial charge < -0.3 is 19.9 Å². The second kappa shape index (κ2) is 6.31. The van der Waals surface area contributed by atoms with Crippen LogP contribution in [0.25, 0.3) is 0 Å². The molecule has 1 heterocycles. The van der Waals surface area contributed by atoms with Gasteiger partial charge in [-0.25, -0.2) is 0 Å². The van der Waals surface area contributed by atoms with Gasteiger partial charge in [-0.1, -0.05) is 13.0 Å². The van der Waals surface area contributed by atoms with E-state index in [0.717, 1.165) is 5.69 Å². The molecule has 0 radical (unpaired) electrons. The number of hydrogen-bond donors (Lipinski definition) is 0. The summed E-state index contributed by atoms with van der Waals surface area (Å²) in [6.07, 6.45) is 2.60. The summed E-state index contributed by atoms with van der Waals surface area (Å²) in [4.78, 5) is 14.1. The van der Waals surface area contributed by atoms with Gasteiger partial charge in [-0.05, 0) is 37.1 Å². The van der Waals surface area contributed by atoms with Gasteiger partial charge in [0.2, 0.25) is 0 Å². The molecule has 2 aromatic rings. The molecule has 0 amide bonds. The van der Waals surface area contributed by atoms with Crippen molar-refractivity contribution in [2.75, 3.05) is 11.9 Å². The summed E-state index contributed by atoms with van der Waals surface area (Å²) in [5.41, 5.74) is 3.59. The molecule has 0 aliphatic heterocycles. The Hall–Kier alpha value is -0.918. The Morgan fingerprint density at radius 3 is 2.39 bits per heavy atom. The zero-order valence-electron chi connectivity index (χ0n) is 11.0. The van der Waals surface area contributed by atoms with Crippen LogP contribution in [0.2, 0.25) is 0 Å². The first-order chi connectivity index (χ1) is 8.08. The van der Waals surface area contributed by atoms with E-state index < -0.39 is 0 Å². The first-order valence-corrected chi connectivity index (χ1v) is 5.47. The van der Waals surface area contributed by atoms with Gasteiger partial charge in [-0.15, -0.1) is 0 Å². The molecular weight excluding hydrogens is 450 g/mol. The van der Waals surface area contributed by atoms with Crippen LogP contribution in [-0.2, 0) is 0 Å². The summed E-state index contributed by atoms with van der Waals surface area (Å²) in [6, 6.07) is 6.27. The first-order valence-electron chi connectivity index (χ1n) is 5.47. The number of benzene rings is 1. The van der Waals surface area contributed by atoms with Crippen LogP contribution in [0, 0.1) is 58.2 Å². The number of rotatable bonds is 2. The van der Waals surface area contributed by atoms with Gasteiger partial charge in [0.05, 0.1) is 0 Å². The van der Waals surface area contributed by atoms with E-state index in [0.29, 0.717) is 11.8 Å². The van der Waals surface area contributed by atoms with Crippen LogP contribution in [0.4, 0.5) is 11.6 Å². The molecular formula is C13H15N4U+. The maximum atomic E-state index is 4.27. The topological polar surface area (TPSA) is 41.9 Å². The van der Waals surface area contributed by atoms with Crippen molar-refractivity contribution in [1.29, 1.82) is 0 Å². The van der Waals surface area contributed by atoms with E-state index in [-0.39, 0.29) is 31.1 Å². The fourth-order valence-corrected chi connectivity index (χ4v) is 1.54. The molecule has 0 unspecified atom stereocenters. The fourth-order valence-electron chi connectivity index (χ4n) is 1.54. The third-order valence-corrected chi connectivity index (χ3v) is 2.80. The second-order valence-corrected chi connectivity index (χ2v) is 4.11. The zero-order valence-corrected chi connectivity index (χ0v) is 15.2. The Kier molecular flexibility index (Phi) is 5.31. The van der Waals surface area contributed by atoms with Crippen LogP contribution in [0.15, 0.2) is 18.2 Å². The summed E-state index contributed by atoms with van der Waals surface area (Å²) in [7, 11) is 1.94. The van der Waals surface area contributed by atoms with Crippen molar-refractivity contribution in [2.24, 2.45) is 0 Å². The molecule has 18 heavy (non-hydrogen) atoms. The normalized spacial score (nSPS) is 9.78. The van der Waals surface area contributed by atoms with E-state index in [2.05, 4.69) is 53.3 Å². The van der Waals surface area contributed by atoms with Crippen molar-refractivity contribution in [2.45, 2.75) is 20.8 Å². The summed E-state index contributed by atoms with van der Waals surface area (Å²) >= 11 is 0. The molecule has 1 aromatic heterocycles. The Bertz CT molecular complexity index is 542. The van der Waals surface area contributed by atoms with Crippen molar-refractivity contribution in [3.05, 3.63) is 41.5 Å². The molecule has 0 spiro atoms. The smallest absolute Gasteiger partial charge is 0.367 e. The third kappa shape index (κ3) is 3.30. The molecule has 1 aromatic carbocycles. The molecule has 5 heteroatoms. The van der Waals surface area contributed by atoms with E-state index in [9.17, 15) is 0 Å². The third-order valence-electron chi connectivity index (χ3n) is 2.80. The van der Waals surface area contributed by atoms with Gasteiger partial charge >= 0.3 is 31.1 Å². The maximum absolute atomic E-state index is 4.27. The second-order valence-electron chi connectivity index (χ2n) is 4.11. The standard InChI is InChI=1S/C13H15N4.U/c1-9-5-6-12(7-10(9)2)17(4)13-15-8-14-11(3)16-13;/h5-7H,1-4H3;/q-1;+2. The summed E-state index contributed by atoms with van der Waals surface area (Å²) in [5.74, 6) is 1.28. The summed E-state index contributed by atoms with van der Waals surface area (Å²) < 4.78 is 0. The van der Waals surface area contributed by atoms with Crippen LogP contribution in [0.5, 0.6) is 0 Å². The van der Waals surface area contributed by atoms with Gasteiger partial charge in [0.15, 0.2) is 0 Å². The van der Waals surface area contributed by atoms with Gasteiger partial charge in [-0.3, -0.25) is 0 Å². The van der Waals surface area contributed by atoms with Crippen molar-refractivity contribution in [3.8, 4) is 0 Å². The predicted molar refractivity (Wildman–Crippen MR) is 67.4 cm³/mol. The Morgan fingerprint density at radius 1 is 1.06 bits per heavy atom.